The molecule has 0 unspecified atom stereocenters. The van der Waals surface area contributed by atoms with Gasteiger partial charge in [0.2, 0.25) is 5.91 Å². The van der Waals surface area contributed by atoms with E-state index in [1.807, 2.05) is 48.5 Å². The van der Waals surface area contributed by atoms with Crippen LogP contribution in [0.5, 0.6) is 5.75 Å². The summed E-state index contributed by atoms with van der Waals surface area (Å²) in [6, 6.07) is 21.7. The number of methoxy groups -OCH3 is 1. The van der Waals surface area contributed by atoms with E-state index in [4.69, 9.17) is 4.74 Å². The van der Waals surface area contributed by atoms with Gasteiger partial charge in [-0.25, -0.2) is 0 Å². The summed E-state index contributed by atoms with van der Waals surface area (Å²) < 4.78 is 6.06. The maximum atomic E-state index is 12.4. The van der Waals surface area contributed by atoms with Crippen LogP contribution in [0.3, 0.4) is 0 Å². The van der Waals surface area contributed by atoms with Crippen LogP contribution in [0.2, 0.25) is 0 Å². The molecule has 2 amide bonds. The second-order valence-electron chi connectivity index (χ2n) is 6.05. The Hall–Kier alpha value is -2.77. The standard InChI is InChI=1S/C22H19BrN2O3S/c1-28-19-11-5-15(6-12-19)22(27)25-18-3-2-4-20(13-18)29-14-21(26)24-17-9-7-16(23)8-10-17/h2-13H,14H2,1H3,(H,24,26)(H,25,27). The molecule has 0 aliphatic carbocycles. The number of amides is 2. The Bertz CT molecular complexity index is 992. The molecule has 0 radical (unpaired) electrons. The number of hydrogen-bond donors (Lipinski definition) is 2. The Morgan fingerprint density at radius 3 is 2.34 bits per heavy atom. The van der Waals surface area contributed by atoms with Gasteiger partial charge in [0.15, 0.2) is 0 Å². The van der Waals surface area contributed by atoms with Gasteiger partial charge >= 0.3 is 0 Å². The first kappa shape index (κ1) is 21.0. The maximum Gasteiger partial charge on any atom is 0.255 e. The molecular formula is C22H19BrN2O3S. The van der Waals surface area contributed by atoms with Gasteiger partial charge in [0, 0.05) is 26.3 Å². The van der Waals surface area contributed by atoms with Gasteiger partial charge in [0.1, 0.15) is 5.75 Å². The zero-order chi connectivity index (χ0) is 20.6. The lowest BCUT2D eigenvalue weighted by Gasteiger charge is -2.09. The molecular weight excluding hydrogens is 452 g/mol. The molecule has 29 heavy (non-hydrogen) atoms. The molecule has 0 aliphatic heterocycles. The lowest BCUT2D eigenvalue weighted by molar-refractivity contribution is -0.113. The van der Waals surface area contributed by atoms with Crippen molar-refractivity contribution in [2.75, 3.05) is 23.5 Å². The van der Waals surface area contributed by atoms with Gasteiger partial charge < -0.3 is 15.4 Å². The van der Waals surface area contributed by atoms with Crippen molar-refractivity contribution in [3.05, 3.63) is 82.8 Å². The van der Waals surface area contributed by atoms with Crippen LogP contribution in [-0.2, 0) is 4.79 Å². The number of ether oxygens (including phenoxy) is 1. The molecule has 0 spiro atoms. The largest absolute Gasteiger partial charge is 0.497 e. The van der Waals surface area contributed by atoms with E-state index in [0.29, 0.717) is 17.0 Å². The topological polar surface area (TPSA) is 67.4 Å². The van der Waals surface area contributed by atoms with E-state index in [-0.39, 0.29) is 17.6 Å². The Morgan fingerprint density at radius 1 is 0.931 bits per heavy atom. The van der Waals surface area contributed by atoms with Crippen molar-refractivity contribution in [3.8, 4) is 5.75 Å². The molecule has 2 N–H and O–H groups in total. The molecule has 0 atom stereocenters. The SMILES string of the molecule is COc1ccc(C(=O)Nc2cccc(SCC(=O)Nc3ccc(Br)cc3)c2)cc1. The van der Waals surface area contributed by atoms with Crippen molar-refractivity contribution in [2.24, 2.45) is 0 Å². The fourth-order valence-corrected chi connectivity index (χ4v) is 3.51. The molecule has 3 aromatic carbocycles. The molecule has 0 fully saturated rings. The van der Waals surface area contributed by atoms with Crippen molar-refractivity contribution in [1.82, 2.24) is 0 Å². The van der Waals surface area contributed by atoms with Crippen LogP contribution in [0.4, 0.5) is 11.4 Å². The molecule has 0 aliphatic rings. The van der Waals surface area contributed by atoms with E-state index >= 15 is 0 Å². The Morgan fingerprint density at radius 2 is 1.66 bits per heavy atom. The van der Waals surface area contributed by atoms with Crippen LogP contribution in [0.1, 0.15) is 10.4 Å². The fraction of sp³-hybridized carbons (Fsp3) is 0.0909. The average Bonchev–Trinajstić information content (AvgIpc) is 2.74. The van der Waals surface area contributed by atoms with Gasteiger partial charge in [-0.15, -0.1) is 11.8 Å². The summed E-state index contributed by atoms with van der Waals surface area (Å²) in [5.74, 6) is 0.667. The van der Waals surface area contributed by atoms with E-state index in [1.165, 1.54) is 11.8 Å². The summed E-state index contributed by atoms with van der Waals surface area (Å²) in [6.07, 6.45) is 0. The normalized spacial score (nSPS) is 10.3. The molecule has 0 heterocycles. The number of rotatable bonds is 7. The molecule has 0 bridgehead atoms. The van der Waals surface area contributed by atoms with Crippen molar-refractivity contribution in [3.63, 3.8) is 0 Å². The van der Waals surface area contributed by atoms with Crippen LogP contribution >= 0.6 is 27.7 Å². The van der Waals surface area contributed by atoms with E-state index in [0.717, 1.165) is 15.1 Å². The third-order valence-electron chi connectivity index (χ3n) is 3.94. The van der Waals surface area contributed by atoms with Gasteiger partial charge in [0.25, 0.3) is 5.91 Å². The summed E-state index contributed by atoms with van der Waals surface area (Å²) >= 11 is 4.77. The van der Waals surface area contributed by atoms with Crippen LogP contribution < -0.4 is 15.4 Å². The number of halogens is 1. The monoisotopic (exact) mass is 470 g/mol. The van der Waals surface area contributed by atoms with Gasteiger partial charge in [-0.3, -0.25) is 9.59 Å². The van der Waals surface area contributed by atoms with Crippen molar-refractivity contribution in [1.29, 1.82) is 0 Å². The van der Waals surface area contributed by atoms with Crippen LogP contribution in [0.15, 0.2) is 82.2 Å². The number of carbonyl (C=O) groups is 2. The molecule has 0 aromatic heterocycles. The summed E-state index contributed by atoms with van der Waals surface area (Å²) in [6.45, 7) is 0. The number of nitrogens with one attached hydrogen (secondary N) is 2. The summed E-state index contributed by atoms with van der Waals surface area (Å²) in [5, 5.41) is 5.73. The van der Waals surface area contributed by atoms with E-state index in [2.05, 4.69) is 26.6 Å². The van der Waals surface area contributed by atoms with Crippen LogP contribution in [0, 0.1) is 0 Å². The highest BCUT2D eigenvalue weighted by Gasteiger charge is 2.08. The number of benzene rings is 3. The number of hydrogen-bond acceptors (Lipinski definition) is 4. The van der Waals surface area contributed by atoms with Crippen molar-refractivity contribution < 1.29 is 14.3 Å². The molecule has 5 nitrogen and oxygen atoms in total. The van der Waals surface area contributed by atoms with Gasteiger partial charge in [-0.05, 0) is 66.7 Å². The molecule has 7 heteroatoms. The summed E-state index contributed by atoms with van der Waals surface area (Å²) in [4.78, 5) is 25.4. The predicted molar refractivity (Wildman–Crippen MR) is 121 cm³/mol. The minimum Gasteiger partial charge on any atom is -0.497 e. The number of anilines is 2. The Labute approximate surface area is 182 Å². The van der Waals surface area contributed by atoms with Crippen molar-refractivity contribution >= 4 is 50.9 Å². The van der Waals surface area contributed by atoms with E-state index in [1.54, 1.807) is 31.4 Å². The van der Waals surface area contributed by atoms with E-state index in [9.17, 15) is 9.59 Å². The summed E-state index contributed by atoms with van der Waals surface area (Å²) in [5.41, 5.74) is 1.96. The van der Waals surface area contributed by atoms with Crippen LogP contribution in [-0.4, -0.2) is 24.7 Å². The fourth-order valence-electron chi connectivity index (χ4n) is 2.49. The highest BCUT2D eigenvalue weighted by molar-refractivity contribution is 9.10. The average molecular weight is 471 g/mol. The number of carbonyl (C=O) groups excluding carboxylic acids is 2. The zero-order valence-corrected chi connectivity index (χ0v) is 18.0. The number of thioether (sulfide) groups is 1. The Balaban J connectivity index is 1.55. The second kappa shape index (κ2) is 10.1. The first-order valence-corrected chi connectivity index (χ1v) is 10.5. The second-order valence-corrected chi connectivity index (χ2v) is 8.02. The van der Waals surface area contributed by atoms with E-state index < -0.39 is 0 Å². The molecule has 148 valence electrons. The smallest absolute Gasteiger partial charge is 0.255 e. The molecule has 0 saturated heterocycles. The first-order valence-electron chi connectivity index (χ1n) is 8.77. The quantitative estimate of drug-likeness (QED) is 0.451. The third-order valence-corrected chi connectivity index (χ3v) is 5.46. The molecule has 0 saturated carbocycles. The molecule has 3 aromatic rings. The zero-order valence-electron chi connectivity index (χ0n) is 15.6. The Kier molecular flexibility index (Phi) is 7.32. The van der Waals surface area contributed by atoms with Gasteiger partial charge in [0.05, 0.1) is 12.9 Å². The lowest BCUT2D eigenvalue weighted by Crippen LogP contribution is -2.14. The minimum absolute atomic E-state index is 0.0926. The van der Waals surface area contributed by atoms with Gasteiger partial charge in [-0.2, -0.15) is 0 Å². The third kappa shape index (κ3) is 6.37. The van der Waals surface area contributed by atoms with Crippen molar-refractivity contribution in [2.45, 2.75) is 4.90 Å². The van der Waals surface area contributed by atoms with Crippen LogP contribution in [0.25, 0.3) is 0 Å². The first-order chi connectivity index (χ1) is 14.0. The lowest BCUT2D eigenvalue weighted by atomic mass is 10.2. The predicted octanol–water partition coefficient (Wildman–Crippen LogP) is 5.44. The van der Waals surface area contributed by atoms with Gasteiger partial charge in [-0.1, -0.05) is 22.0 Å². The highest BCUT2D eigenvalue weighted by Crippen LogP contribution is 2.23. The minimum atomic E-state index is -0.206. The molecule has 3 rings (SSSR count). The maximum absolute atomic E-state index is 12.4. The summed E-state index contributed by atoms with van der Waals surface area (Å²) in [7, 11) is 1.58. The highest BCUT2D eigenvalue weighted by atomic mass is 79.9.